The molecular formula is C18H22N4O. The zero-order valence-corrected chi connectivity index (χ0v) is 13.9. The standard InChI is InChI=1S/C18H22N4O/c1-13(2)16-7-5-15(6-8-16)11-14(3)12-19-20-18(23)17-9-10-22(4)21-17/h5-13H,1-4H3,(H,20,23). The van der Waals surface area contributed by atoms with Crippen LogP contribution in [0.15, 0.2) is 47.2 Å². The van der Waals surface area contributed by atoms with Gasteiger partial charge in [-0.05, 0) is 35.6 Å². The molecule has 0 bridgehead atoms. The molecule has 1 heterocycles. The van der Waals surface area contributed by atoms with Crippen molar-refractivity contribution in [2.45, 2.75) is 26.7 Å². The smallest absolute Gasteiger partial charge is 0.275 e. The summed E-state index contributed by atoms with van der Waals surface area (Å²) in [6, 6.07) is 10.1. The van der Waals surface area contributed by atoms with Crippen LogP contribution in [-0.2, 0) is 7.05 Å². The van der Waals surface area contributed by atoms with Gasteiger partial charge in [0.15, 0.2) is 5.69 Å². The van der Waals surface area contributed by atoms with Crippen LogP contribution in [0.3, 0.4) is 0 Å². The van der Waals surface area contributed by atoms with Gasteiger partial charge in [-0.2, -0.15) is 10.2 Å². The Labute approximate surface area is 136 Å². The van der Waals surface area contributed by atoms with Crippen LogP contribution in [0.2, 0.25) is 0 Å². The number of benzene rings is 1. The Hall–Kier alpha value is -2.69. The van der Waals surface area contributed by atoms with Gasteiger partial charge < -0.3 is 0 Å². The summed E-state index contributed by atoms with van der Waals surface area (Å²) >= 11 is 0. The molecule has 2 aromatic rings. The van der Waals surface area contributed by atoms with Crippen LogP contribution in [0.4, 0.5) is 0 Å². The van der Waals surface area contributed by atoms with Crippen molar-refractivity contribution >= 4 is 18.2 Å². The van der Waals surface area contributed by atoms with E-state index in [1.807, 2.05) is 13.0 Å². The van der Waals surface area contributed by atoms with Gasteiger partial charge >= 0.3 is 0 Å². The average Bonchev–Trinajstić information content (AvgIpc) is 2.94. The Balaban J connectivity index is 1.94. The van der Waals surface area contributed by atoms with Gasteiger partial charge in [-0.25, -0.2) is 5.43 Å². The van der Waals surface area contributed by atoms with Crippen molar-refractivity contribution < 1.29 is 4.79 Å². The monoisotopic (exact) mass is 310 g/mol. The Morgan fingerprint density at radius 1 is 1.26 bits per heavy atom. The first-order valence-electron chi connectivity index (χ1n) is 7.57. The number of rotatable bonds is 5. The van der Waals surface area contributed by atoms with Crippen molar-refractivity contribution in [2.24, 2.45) is 12.1 Å². The number of hydrogen-bond donors (Lipinski definition) is 1. The topological polar surface area (TPSA) is 59.3 Å². The molecule has 0 aliphatic carbocycles. The summed E-state index contributed by atoms with van der Waals surface area (Å²) < 4.78 is 1.57. The van der Waals surface area contributed by atoms with Gasteiger partial charge in [0.2, 0.25) is 0 Å². The van der Waals surface area contributed by atoms with Gasteiger partial charge in [0.1, 0.15) is 0 Å². The fraction of sp³-hybridized carbons (Fsp3) is 0.278. The first kappa shape index (κ1) is 16.7. The van der Waals surface area contributed by atoms with Crippen molar-refractivity contribution in [3.63, 3.8) is 0 Å². The number of carbonyl (C=O) groups is 1. The molecule has 1 aromatic heterocycles. The van der Waals surface area contributed by atoms with E-state index in [4.69, 9.17) is 0 Å². The molecule has 0 unspecified atom stereocenters. The third kappa shape index (κ3) is 4.92. The number of carbonyl (C=O) groups excluding carboxylic acids is 1. The summed E-state index contributed by atoms with van der Waals surface area (Å²) in [7, 11) is 1.76. The van der Waals surface area contributed by atoms with Gasteiger partial charge in [-0.3, -0.25) is 9.48 Å². The minimum absolute atomic E-state index is 0.323. The van der Waals surface area contributed by atoms with Crippen molar-refractivity contribution in [1.82, 2.24) is 15.2 Å². The van der Waals surface area contributed by atoms with E-state index in [1.165, 1.54) is 5.56 Å². The molecular weight excluding hydrogens is 288 g/mol. The molecule has 0 aliphatic heterocycles. The molecule has 0 saturated carbocycles. The normalized spacial score (nSPS) is 12.1. The lowest BCUT2D eigenvalue weighted by Crippen LogP contribution is -2.18. The van der Waals surface area contributed by atoms with Crippen LogP contribution in [0.5, 0.6) is 0 Å². The molecule has 2 rings (SSSR count). The van der Waals surface area contributed by atoms with Gasteiger partial charge in [0, 0.05) is 13.2 Å². The largest absolute Gasteiger partial charge is 0.291 e. The molecule has 120 valence electrons. The summed E-state index contributed by atoms with van der Waals surface area (Å²) in [6.07, 6.45) is 5.35. The summed E-state index contributed by atoms with van der Waals surface area (Å²) in [5.41, 5.74) is 6.18. The van der Waals surface area contributed by atoms with Crippen LogP contribution < -0.4 is 5.43 Å². The van der Waals surface area contributed by atoms with Crippen LogP contribution >= 0.6 is 0 Å². The van der Waals surface area contributed by atoms with Crippen molar-refractivity contribution in [2.75, 3.05) is 0 Å². The molecule has 0 atom stereocenters. The molecule has 1 N–H and O–H groups in total. The van der Waals surface area contributed by atoms with Gasteiger partial charge in [0.25, 0.3) is 5.91 Å². The maximum absolute atomic E-state index is 11.8. The molecule has 0 fully saturated rings. The number of amides is 1. The molecule has 0 spiro atoms. The molecule has 5 nitrogen and oxygen atoms in total. The van der Waals surface area contributed by atoms with Crippen molar-refractivity contribution in [3.05, 3.63) is 58.9 Å². The predicted octanol–water partition coefficient (Wildman–Crippen LogP) is 3.36. The highest BCUT2D eigenvalue weighted by Crippen LogP contribution is 2.15. The van der Waals surface area contributed by atoms with Crippen LogP contribution in [0.1, 0.15) is 48.3 Å². The molecule has 0 saturated heterocycles. The second kappa shape index (κ2) is 7.54. The lowest BCUT2D eigenvalue weighted by molar-refractivity contribution is 0.0949. The number of hydrazone groups is 1. The Bertz CT molecular complexity index is 724. The molecule has 0 aliphatic rings. The van der Waals surface area contributed by atoms with E-state index in [2.05, 4.69) is 53.7 Å². The van der Waals surface area contributed by atoms with E-state index < -0.39 is 0 Å². The van der Waals surface area contributed by atoms with Crippen molar-refractivity contribution in [3.8, 4) is 0 Å². The first-order valence-corrected chi connectivity index (χ1v) is 7.57. The maximum atomic E-state index is 11.8. The van der Waals surface area contributed by atoms with E-state index >= 15 is 0 Å². The van der Waals surface area contributed by atoms with E-state index in [-0.39, 0.29) is 5.91 Å². The minimum Gasteiger partial charge on any atom is -0.275 e. The fourth-order valence-electron chi connectivity index (χ4n) is 2.06. The van der Waals surface area contributed by atoms with Gasteiger partial charge in [-0.1, -0.05) is 44.2 Å². The lowest BCUT2D eigenvalue weighted by Gasteiger charge is -2.05. The molecule has 5 heteroatoms. The van der Waals surface area contributed by atoms with Crippen LogP contribution in [0.25, 0.3) is 6.08 Å². The van der Waals surface area contributed by atoms with Crippen molar-refractivity contribution in [1.29, 1.82) is 0 Å². The summed E-state index contributed by atoms with van der Waals surface area (Å²) in [6.45, 7) is 6.28. The second-order valence-corrected chi connectivity index (χ2v) is 5.78. The maximum Gasteiger partial charge on any atom is 0.291 e. The minimum atomic E-state index is -0.323. The molecule has 23 heavy (non-hydrogen) atoms. The van der Waals surface area contributed by atoms with E-state index in [0.29, 0.717) is 11.6 Å². The highest BCUT2D eigenvalue weighted by Gasteiger charge is 2.06. The van der Waals surface area contributed by atoms with E-state index in [0.717, 1.165) is 11.1 Å². The molecule has 0 radical (unpaired) electrons. The number of allylic oxidation sites excluding steroid dienone is 1. The number of nitrogens with one attached hydrogen (secondary N) is 1. The first-order chi connectivity index (χ1) is 11.0. The van der Waals surface area contributed by atoms with E-state index in [9.17, 15) is 4.79 Å². The Kier molecular flexibility index (Phi) is 5.46. The number of nitrogens with zero attached hydrogens (tertiary/aromatic N) is 3. The molecule has 1 amide bonds. The second-order valence-electron chi connectivity index (χ2n) is 5.78. The fourth-order valence-corrected chi connectivity index (χ4v) is 2.06. The van der Waals surface area contributed by atoms with E-state index in [1.54, 1.807) is 30.2 Å². The zero-order chi connectivity index (χ0) is 16.8. The van der Waals surface area contributed by atoms with Gasteiger partial charge in [0.05, 0.1) is 6.21 Å². The molecule has 1 aromatic carbocycles. The van der Waals surface area contributed by atoms with Gasteiger partial charge in [-0.15, -0.1) is 0 Å². The quantitative estimate of drug-likeness (QED) is 0.680. The zero-order valence-electron chi connectivity index (χ0n) is 13.9. The average molecular weight is 310 g/mol. The third-order valence-corrected chi connectivity index (χ3v) is 3.38. The third-order valence-electron chi connectivity index (χ3n) is 3.38. The highest BCUT2D eigenvalue weighted by molar-refractivity contribution is 5.93. The summed E-state index contributed by atoms with van der Waals surface area (Å²) in [5.74, 6) is 0.202. The Morgan fingerprint density at radius 3 is 2.52 bits per heavy atom. The van der Waals surface area contributed by atoms with Crippen LogP contribution in [-0.4, -0.2) is 21.9 Å². The Morgan fingerprint density at radius 2 is 1.96 bits per heavy atom. The number of aryl methyl sites for hydroxylation is 1. The number of hydrogen-bond acceptors (Lipinski definition) is 3. The SMILES string of the molecule is CC(C=NNC(=O)c1ccn(C)n1)=Cc1ccc(C(C)C)cc1. The lowest BCUT2D eigenvalue weighted by atomic mass is 10.0. The predicted molar refractivity (Wildman–Crippen MR) is 93.3 cm³/mol. The van der Waals surface area contributed by atoms with Crippen LogP contribution in [0, 0.1) is 0 Å². The summed E-state index contributed by atoms with van der Waals surface area (Å²) in [5, 5.41) is 7.97. The highest BCUT2D eigenvalue weighted by atomic mass is 16.2. The number of aromatic nitrogens is 2. The summed E-state index contributed by atoms with van der Waals surface area (Å²) in [4.78, 5) is 11.8.